The van der Waals surface area contributed by atoms with E-state index in [1.807, 2.05) is 0 Å². The van der Waals surface area contributed by atoms with Crippen molar-refractivity contribution in [3.8, 4) is 0 Å². The van der Waals surface area contributed by atoms with Crippen LogP contribution < -0.4 is 0 Å². The molecule has 1 rings (SSSR count). The summed E-state index contributed by atoms with van der Waals surface area (Å²) in [7, 11) is 0. The number of aliphatic hydroxyl groups excluding tert-OH is 2. The summed E-state index contributed by atoms with van der Waals surface area (Å²) in [6.07, 6.45) is -1.97. The van der Waals surface area contributed by atoms with Gasteiger partial charge < -0.3 is 14.9 Å². The van der Waals surface area contributed by atoms with E-state index in [1.54, 1.807) is 0 Å². The highest BCUT2D eigenvalue weighted by Crippen LogP contribution is 2.14. The van der Waals surface area contributed by atoms with E-state index >= 15 is 0 Å². The average molecular weight is 195 g/mol. The molecular weight excluding hydrogens is 182 g/mol. The quantitative estimate of drug-likeness (QED) is 0.407. The molecule has 1 heterocycles. The molecule has 0 aromatic carbocycles. The largest absolute Gasteiger partial charge is 0.390 e. The van der Waals surface area contributed by atoms with Gasteiger partial charge in [-0.3, -0.25) is 10.4 Å². The Balaban J connectivity index is 2.21. The summed E-state index contributed by atoms with van der Waals surface area (Å²) in [5.74, 6) is 0. The minimum atomic E-state index is -0.879. The van der Waals surface area contributed by atoms with Crippen molar-refractivity contribution in [3.63, 3.8) is 0 Å². The van der Waals surface area contributed by atoms with Crippen molar-refractivity contribution in [2.45, 2.75) is 24.7 Å². The lowest BCUT2D eigenvalue weighted by molar-refractivity contribution is -0.496. The van der Waals surface area contributed by atoms with Gasteiger partial charge >= 0.3 is 0 Å². The standard InChI is InChI=1S/C6H13NO6/c8-5-1-4(2-13-7(10)11)12-3-6(5)9/h4-6,8-11H,1-3H2. The maximum absolute atomic E-state index is 9.19. The Morgan fingerprint density at radius 1 is 1.31 bits per heavy atom. The molecule has 0 saturated carbocycles. The second-order valence-electron chi connectivity index (χ2n) is 2.87. The fourth-order valence-electron chi connectivity index (χ4n) is 1.11. The van der Waals surface area contributed by atoms with Gasteiger partial charge in [-0.15, -0.1) is 0 Å². The lowest BCUT2D eigenvalue weighted by Crippen LogP contribution is -2.43. The van der Waals surface area contributed by atoms with Gasteiger partial charge in [0.15, 0.2) is 0 Å². The molecule has 3 atom stereocenters. The van der Waals surface area contributed by atoms with Crippen LogP contribution in [0.15, 0.2) is 0 Å². The highest BCUT2D eigenvalue weighted by atomic mass is 17.1. The van der Waals surface area contributed by atoms with Gasteiger partial charge in [0.1, 0.15) is 6.10 Å². The third kappa shape index (κ3) is 3.53. The van der Waals surface area contributed by atoms with E-state index < -0.39 is 23.7 Å². The summed E-state index contributed by atoms with van der Waals surface area (Å²) in [4.78, 5) is 4.29. The smallest absolute Gasteiger partial charge is 0.103 e. The van der Waals surface area contributed by atoms with Gasteiger partial charge in [-0.2, -0.15) is 0 Å². The van der Waals surface area contributed by atoms with Gasteiger partial charge in [-0.25, -0.2) is 4.84 Å². The summed E-state index contributed by atoms with van der Waals surface area (Å²) < 4.78 is 5.03. The molecule has 7 nitrogen and oxygen atoms in total. The van der Waals surface area contributed by atoms with Crippen LogP contribution in [-0.4, -0.2) is 57.5 Å². The molecule has 1 fully saturated rings. The molecule has 3 unspecified atom stereocenters. The molecule has 0 aromatic rings. The third-order valence-electron chi connectivity index (χ3n) is 1.83. The van der Waals surface area contributed by atoms with Gasteiger partial charge in [-0.1, -0.05) is 0 Å². The molecule has 1 aliphatic heterocycles. The zero-order valence-electron chi connectivity index (χ0n) is 6.91. The van der Waals surface area contributed by atoms with Crippen LogP contribution in [0.25, 0.3) is 0 Å². The van der Waals surface area contributed by atoms with E-state index in [9.17, 15) is 5.11 Å². The number of rotatable bonds is 3. The molecule has 4 N–H and O–H groups in total. The number of ether oxygens (including phenoxy) is 1. The van der Waals surface area contributed by atoms with Crippen LogP contribution in [0, 0.1) is 0 Å². The molecule has 0 aromatic heterocycles. The maximum Gasteiger partial charge on any atom is 0.103 e. The minimum Gasteiger partial charge on any atom is -0.390 e. The van der Waals surface area contributed by atoms with Crippen molar-refractivity contribution in [2.75, 3.05) is 13.2 Å². The second-order valence-corrected chi connectivity index (χ2v) is 2.87. The van der Waals surface area contributed by atoms with Gasteiger partial charge in [-0.05, 0) is 0 Å². The van der Waals surface area contributed by atoms with Crippen molar-refractivity contribution in [2.24, 2.45) is 0 Å². The van der Waals surface area contributed by atoms with Gasteiger partial charge in [0, 0.05) is 6.42 Å². The average Bonchev–Trinajstić information content (AvgIpc) is 2.07. The van der Waals surface area contributed by atoms with Gasteiger partial charge in [0.2, 0.25) is 0 Å². The first-order valence-electron chi connectivity index (χ1n) is 3.88. The fraction of sp³-hybridized carbons (Fsp3) is 1.00. The van der Waals surface area contributed by atoms with Gasteiger partial charge in [0.05, 0.1) is 30.8 Å². The molecular formula is C6H13NO6. The predicted molar refractivity (Wildman–Crippen MR) is 37.7 cm³/mol. The van der Waals surface area contributed by atoms with Crippen molar-refractivity contribution in [3.05, 3.63) is 0 Å². The summed E-state index contributed by atoms with van der Waals surface area (Å²) in [6.45, 7) is -0.0666. The van der Waals surface area contributed by atoms with Crippen molar-refractivity contribution in [1.29, 1.82) is 0 Å². The Hall–Kier alpha value is -0.280. The van der Waals surface area contributed by atoms with Crippen LogP contribution in [0.2, 0.25) is 0 Å². The lowest BCUT2D eigenvalue weighted by atomic mass is 10.0. The molecule has 0 bridgehead atoms. The number of nitrogens with zero attached hydrogens (tertiary/aromatic N) is 1. The van der Waals surface area contributed by atoms with E-state index in [-0.39, 0.29) is 19.6 Å². The highest BCUT2D eigenvalue weighted by Gasteiger charge is 2.28. The minimum absolute atomic E-state index is 0.0199. The van der Waals surface area contributed by atoms with E-state index in [2.05, 4.69) is 4.84 Å². The summed E-state index contributed by atoms with van der Waals surface area (Å²) in [6, 6.07) is 0. The normalized spacial score (nSPS) is 35.3. The van der Waals surface area contributed by atoms with Crippen LogP contribution in [0.3, 0.4) is 0 Å². The van der Waals surface area contributed by atoms with E-state index in [4.69, 9.17) is 20.3 Å². The Morgan fingerprint density at radius 2 is 2.00 bits per heavy atom. The Kier molecular flexibility index (Phi) is 4.00. The zero-order valence-corrected chi connectivity index (χ0v) is 6.91. The monoisotopic (exact) mass is 195 g/mol. The van der Waals surface area contributed by atoms with Crippen LogP contribution >= 0.6 is 0 Å². The first kappa shape index (κ1) is 10.8. The van der Waals surface area contributed by atoms with Crippen LogP contribution in [0.4, 0.5) is 0 Å². The molecule has 1 aliphatic rings. The topological polar surface area (TPSA) is 103 Å². The van der Waals surface area contributed by atoms with Crippen molar-refractivity contribution in [1.82, 2.24) is 5.39 Å². The molecule has 78 valence electrons. The van der Waals surface area contributed by atoms with Crippen LogP contribution in [-0.2, 0) is 9.57 Å². The van der Waals surface area contributed by atoms with Crippen molar-refractivity contribution < 1.29 is 30.2 Å². The lowest BCUT2D eigenvalue weighted by Gasteiger charge is -2.30. The second kappa shape index (κ2) is 4.82. The SMILES string of the molecule is OC1COC(CON(O)O)CC1O. The van der Waals surface area contributed by atoms with Crippen LogP contribution in [0.5, 0.6) is 0 Å². The predicted octanol–water partition coefficient (Wildman–Crippen LogP) is -1.49. The van der Waals surface area contributed by atoms with Gasteiger partial charge in [0.25, 0.3) is 0 Å². The van der Waals surface area contributed by atoms with E-state index in [0.717, 1.165) is 0 Å². The molecule has 0 spiro atoms. The molecule has 0 aliphatic carbocycles. The fourth-order valence-corrected chi connectivity index (χ4v) is 1.11. The molecule has 13 heavy (non-hydrogen) atoms. The Morgan fingerprint density at radius 3 is 2.54 bits per heavy atom. The first-order valence-corrected chi connectivity index (χ1v) is 3.88. The summed E-state index contributed by atoms with van der Waals surface area (Å²) in [5, 5.41) is 34.2. The summed E-state index contributed by atoms with van der Waals surface area (Å²) >= 11 is 0. The zero-order chi connectivity index (χ0) is 9.84. The Labute approximate surface area is 74.6 Å². The first-order chi connectivity index (χ1) is 6.09. The highest BCUT2D eigenvalue weighted by molar-refractivity contribution is 4.76. The Bertz CT molecular complexity index is 154. The summed E-state index contributed by atoms with van der Waals surface area (Å²) in [5.41, 5.74) is 0. The van der Waals surface area contributed by atoms with E-state index in [0.29, 0.717) is 0 Å². The van der Waals surface area contributed by atoms with Crippen molar-refractivity contribution >= 4 is 0 Å². The number of hydrogen-bond donors (Lipinski definition) is 4. The molecule has 0 radical (unpaired) electrons. The molecule has 0 amide bonds. The maximum atomic E-state index is 9.19. The number of hydrogen-bond acceptors (Lipinski definition) is 7. The van der Waals surface area contributed by atoms with E-state index in [1.165, 1.54) is 0 Å². The molecule has 7 heteroatoms. The molecule has 1 saturated heterocycles. The number of aliphatic hydroxyl groups is 2. The third-order valence-corrected chi connectivity index (χ3v) is 1.83. The van der Waals surface area contributed by atoms with Crippen LogP contribution in [0.1, 0.15) is 6.42 Å².